The van der Waals surface area contributed by atoms with Crippen LogP contribution in [0.15, 0.2) is 18.2 Å². The summed E-state index contributed by atoms with van der Waals surface area (Å²) in [6, 6.07) is 4.22. The Morgan fingerprint density at radius 2 is 2.27 bits per heavy atom. The van der Waals surface area contributed by atoms with Crippen LogP contribution in [-0.4, -0.2) is 26.0 Å². The first-order valence-corrected chi connectivity index (χ1v) is 4.76. The third kappa shape index (κ3) is 3.02. The molecule has 1 N–H and O–H groups in total. The van der Waals surface area contributed by atoms with Crippen LogP contribution >= 0.6 is 0 Å². The Kier molecular flexibility index (Phi) is 4.24. The van der Waals surface area contributed by atoms with Crippen LogP contribution in [0.2, 0.25) is 0 Å². The van der Waals surface area contributed by atoms with E-state index in [2.05, 4.69) is 5.32 Å². The molecule has 1 aromatic rings. The normalized spacial score (nSPS) is 10.1. The van der Waals surface area contributed by atoms with Crippen molar-refractivity contribution in [3.8, 4) is 5.75 Å². The summed E-state index contributed by atoms with van der Waals surface area (Å²) >= 11 is 0. The first-order valence-electron chi connectivity index (χ1n) is 4.76. The monoisotopic (exact) mass is 211 g/mol. The molecule has 0 heterocycles. The molecule has 0 aromatic heterocycles. The molecule has 4 heteroatoms. The summed E-state index contributed by atoms with van der Waals surface area (Å²) in [7, 11) is 1.45. The zero-order valence-corrected chi connectivity index (χ0v) is 8.84. The fourth-order valence-electron chi connectivity index (χ4n) is 1.18. The summed E-state index contributed by atoms with van der Waals surface area (Å²) in [5.41, 5.74) is 0.0942. The second-order valence-corrected chi connectivity index (χ2v) is 3.05. The average molecular weight is 211 g/mol. The van der Waals surface area contributed by atoms with E-state index in [4.69, 9.17) is 4.74 Å². The molecule has 0 spiro atoms. The molecule has 0 aliphatic carbocycles. The highest BCUT2D eigenvalue weighted by Gasteiger charge is 2.11. The quantitative estimate of drug-likeness (QED) is 0.752. The maximum absolute atomic E-state index is 13.4. The maximum atomic E-state index is 13.4. The lowest BCUT2D eigenvalue weighted by atomic mass is 10.1. The lowest BCUT2D eigenvalue weighted by Crippen LogP contribution is -2.23. The third-order valence-corrected chi connectivity index (χ3v) is 2.01. The largest absolute Gasteiger partial charge is 0.497 e. The number of likely N-dealkylation sites (N-methyl/N-ethyl adjacent to an activating group) is 1. The number of methoxy groups -OCH3 is 1. The van der Waals surface area contributed by atoms with Gasteiger partial charge < -0.3 is 10.1 Å². The molecule has 0 saturated carbocycles. The van der Waals surface area contributed by atoms with Gasteiger partial charge in [-0.05, 0) is 18.7 Å². The minimum absolute atomic E-state index is 0.0942. The summed E-state index contributed by atoms with van der Waals surface area (Å²) in [5, 5.41) is 2.85. The zero-order valence-electron chi connectivity index (χ0n) is 8.84. The number of rotatable bonds is 5. The standard InChI is InChI=1S/C11H14FNO2/c1-3-13-7-11(14)9-5-4-8(15-2)6-10(9)12/h4-6,13H,3,7H2,1-2H3. The number of ketones is 1. The van der Waals surface area contributed by atoms with E-state index < -0.39 is 5.82 Å². The Balaban J connectivity index is 2.81. The van der Waals surface area contributed by atoms with Crippen molar-refractivity contribution in [1.29, 1.82) is 0 Å². The molecule has 3 nitrogen and oxygen atoms in total. The van der Waals surface area contributed by atoms with Gasteiger partial charge in [0.15, 0.2) is 5.78 Å². The number of nitrogens with one attached hydrogen (secondary N) is 1. The van der Waals surface area contributed by atoms with Gasteiger partial charge in [-0.1, -0.05) is 6.92 Å². The van der Waals surface area contributed by atoms with E-state index in [0.29, 0.717) is 12.3 Å². The first-order chi connectivity index (χ1) is 7.19. The highest BCUT2D eigenvalue weighted by molar-refractivity contribution is 5.97. The minimum atomic E-state index is -0.544. The predicted molar refractivity (Wildman–Crippen MR) is 55.8 cm³/mol. The highest BCUT2D eigenvalue weighted by atomic mass is 19.1. The summed E-state index contributed by atoms with van der Waals surface area (Å²) in [5.74, 6) is -0.387. The van der Waals surface area contributed by atoms with E-state index in [-0.39, 0.29) is 17.9 Å². The van der Waals surface area contributed by atoms with E-state index in [1.807, 2.05) is 6.92 Å². The Labute approximate surface area is 88.2 Å². The molecule has 82 valence electrons. The zero-order chi connectivity index (χ0) is 11.3. The van der Waals surface area contributed by atoms with Crippen LogP contribution in [0, 0.1) is 5.82 Å². The molecule has 0 bridgehead atoms. The van der Waals surface area contributed by atoms with Crippen molar-refractivity contribution in [3.63, 3.8) is 0 Å². The van der Waals surface area contributed by atoms with Crippen LogP contribution in [0.4, 0.5) is 4.39 Å². The van der Waals surface area contributed by atoms with Crippen LogP contribution in [0.5, 0.6) is 5.75 Å². The Bertz CT molecular complexity index is 352. The van der Waals surface area contributed by atoms with Crippen molar-refractivity contribution in [2.45, 2.75) is 6.92 Å². The van der Waals surface area contributed by atoms with Crippen LogP contribution in [0.3, 0.4) is 0 Å². The predicted octanol–water partition coefficient (Wildman–Crippen LogP) is 1.63. The lowest BCUT2D eigenvalue weighted by molar-refractivity contribution is 0.0988. The van der Waals surface area contributed by atoms with Gasteiger partial charge in [0.25, 0.3) is 0 Å². The van der Waals surface area contributed by atoms with Gasteiger partial charge in [-0.15, -0.1) is 0 Å². The first kappa shape index (κ1) is 11.7. The summed E-state index contributed by atoms with van der Waals surface area (Å²) < 4.78 is 18.2. The van der Waals surface area contributed by atoms with Gasteiger partial charge in [-0.3, -0.25) is 4.79 Å². The van der Waals surface area contributed by atoms with Gasteiger partial charge in [0.2, 0.25) is 0 Å². The Hall–Kier alpha value is -1.42. The van der Waals surface area contributed by atoms with Gasteiger partial charge in [0, 0.05) is 6.07 Å². The summed E-state index contributed by atoms with van der Waals surface area (Å²) in [6.45, 7) is 2.72. The molecule has 0 saturated heterocycles. The van der Waals surface area contributed by atoms with E-state index in [0.717, 1.165) is 0 Å². The highest BCUT2D eigenvalue weighted by Crippen LogP contribution is 2.16. The Morgan fingerprint density at radius 3 is 2.80 bits per heavy atom. The van der Waals surface area contributed by atoms with Crippen molar-refractivity contribution in [3.05, 3.63) is 29.6 Å². The smallest absolute Gasteiger partial charge is 0.179 e. The fraction of sp³-hybridized carbons (Fsp3) is 0.364. The molecular formula is C11H14FNO2. The second-order valence-electron chi connectivity index (χ2n) is 3.05. The van der Waals surface area contributed by atoms with Gasteiger partial charge >= 0.3 is 0 Å². The number of hydrogen-bond acceptors (Lipinski definition) is 3. The third-order valence-electron chi connectivity index (χ3n) is 2.01. The van der Waals surface area contributed by atoms with Crippen LogP contribution in [0.1, 0.15) is 17.3 Å². The van der Waals surface area contributed by atoms with Crippen molar-refractivity contribution in [2.24, 2.45) is 0 Å². The fourth-order valence-corrected chi connectivity index (χ4v) is 1.18. The van der Waals surface area contributed by atoms with Crippen molar-refractivity contribution < 1.29 is 13.9 Å². The van der Waals surface area contributed by atoms with Gasteiger partial charge in [-0.2, -0.15) is 0 Å². The molecule has 0 amide bonds. The van der Waals surface area contributed by atoms with Gasteiger partial charge in [0.05, 0.1) is 19.2 Å². The summed E-state index contributed by atoms with van der Waals surface area (Å²) in [6.07, 6.45) is 0. The maximum Gasteiger partial charge on any atom is 0.179 e. The molecule has 0 radical (unpaired) electrons. The Morgan fingerprint density at radius 1 is 1.53 bits per heavy atom. The van der Waals surface area contributed by atoms with Crippen molar-refractivity contribution in [2.75, 3.05) is 20.2 Å². The SMILES string of the molecule is CCNCC(=O)c1ccc(OC)cc1F. The van der Waals surface area contributed by atoms with E-state index in [9.17, 15) is 9.18 Å². The molecule has 0 atom stereocenters. The average Bonchev–Trinajstić information content (AvgIpc) is 2.25. The van der Waals surface area contributed by atoms with Crippen LogP contribution in [0.25, 0.3) is 0 Å². The van der Waals surface area contributed by atoms with E-state index in [1.165, 1.54) is 19.2 Å². The van der Waals surface area contributed by atoms with Crippen molar-refractivity contribution >= 4 is 5.78 Å². The summed E-state index contributed by atoms with van der Waals surface area (Å²) in [4.78, 5) is 11.5. The van der Waals surface area contributed by atoms with E-state index >= 15 is 0 Å². The van der Waals surface area contributed by atoms with Crippen molar-refractivity contribution in [1.82, 2.24) is 5.32 Å². The molecule has 0 aliphatic rings. The second kappa shape index (κ2) is 5.46. The van der Waals surface area contributed by atoms with E-state index in [1.54, 1.807) is 6.07 Å². The van der Waals surface area contributed by atoms with Crippen LogP contribution < -0.4 is 10.1 Å². The number of halogens is 1. The minimum Gasteiger partial charge on any atom is -0.497 e. The topological polar surface area (TPSA) is 38.3 Å². The number of Topliss-reactive ketones (excluding diaryl/α,β-unsaturated/α-hetero) is 1. The molecular weight excluding hydrogens is 197 g/mol. The molecule has 1 rings (SSSR count). The number of carbonyl (C=O) groups is 1. The number of benzene rings is 1. The molecule has 0 aliphatic heterocycles. The molecule has 15 heavy (non-hydrogen) atoms. The molecule has 0 fully saturated rings. The van der Waals surface area contributed by atoms with Crippen LogP contribution in [-0.2, 0) is 0 Å². The lowest BCUT2D eigenvalue weighted by Gasteiger charge is -2.05. The number of hydrogen-bond donors (Lipinski definition) is 1. The number of carbonyl (C=O) groups excluding carboxylic acids is 1. The van der Waals surface area contributed by atoms with Gasteiger partial charge in [0.1, 0.15) is 11.6 Å². The molecule has 0 unspecified atom stereocenters. The number of ether oxygens (including phenoxy) is 1. The molecule has 1 aromatic carbocycles. The van der Waals surface area contributed by atoms with Gasteiger partial charge in [-0.25, -0.2) is 4.39 Å².